The van der Waals surface area contributed by atoms with Crippen molar-refractivity contribution in [2.45, 2.75) is 38.8 Å². The number of thiophene rings is 1. The molecule has 0 N–H and O–H groups in total. The van der Waals surface area contributed by atoms with Gasteiger partial charge in [-0.3, -0.25) is 19.1 Å². The van der Waals surface area contributed by atoms with Gasteiger partial charge in [-0.05, 0) is 42.7 Å². The molecule has 3 heterocycles. The normalized spacial score (nSPS) is 13.3. The molecule has 0 spiro atoms. The number of anilines is 1. The van der Waals surface area contributed by atoms with E-state index in [1.54, 1.807) is 22.3 Å². The van der Waals surface area contributed by atoms with Gasteiger partial charge in [-0.1, -0.05) is 30.3 Å². The molecule has 6 nitrogen and oxygen atoms in total. The SMILES string of the molecule is O=C(Cn1cnc2sccc2c1=O)N(Cc1ccccc1)c1nc2c(s1)CCCC2. The zero-order chi connectivity index (χ0) is 20.5. The Morgan fingerprint density at radius 1 is 1.13 bits per heavy atom. The van der Waals surface area contributed by atoms with Crippen LogP contribution in [0.25, 0.3) is 10.2 Å². The van der Waals surface area contributed by atoms with Crippen molar-refractivity contribution in [3.8, 4) is 0 Å². The average molecular weight is 437 g/mol. The molecule has 3 aromatic heterocycles. The van der Waals surface area contributed by atoms with E-state index in [-0.39, 0.29) is 18.0 Å². The Morgan fingerprint density at radius 2 is 1.97 bits per heavy atom. The molecule has 8 heteroatoms. The van der Waals surface area contributed by atoms with E-state index in [9.17, 15) is 9.59 Å². The molecule has 0 saturated heterocycles. The molecule has 30 heavy (non-hydrogen) atoms. The second-order valence-electron chi connectivity index (χ2n) is 7.36. The van der Waals surface area contributed by atoms with Gasteiger partial charge in [-0.15, -0.1) is 22.7 Å². The van der Waals surface area contributed by atoms with Crippen molar-refractivity contribution in [1.82, 2.24) is 14.5 Å². The van der Waals surface area contributed by atoms with Gasteiger partial charge >= 0.3 is 0 Å². The summed E-state index contributed by atoms with van der Waals surface area (Å²) in [7, 11) is 0. The zero-order valence-electron chi connectivity index (χ0n) is 16.3. The first kappa shape index (κ1) is 19.1. The summed E-state index contributed by atoms with van der Waals surface area (Å²) in [5.74, 6) is -0.163. The number of benzene rings is 1. The zero-order valence-corrected chi connectivity index (χ0v) is 17.9. The van der Waals surface area contributed by atoms with Crippen LogP contribution in [-0.4, -0.2) is 20.4 Å². The molecule has 152 valence electrons. The summed E-state index contributed by atoms with van der Waals surface area (Å²) in [4.78, 5) is 38.9. The third-order valence-electron chi connectivity index (χ3n) is 5.31. The minimum Gasteiger partial charge on any atom is -0.289 e. The lowest BCUT2D eigenvalue weighted by Gasteiger charge is -2.20. The third kappa shape index (κ3) is 3.68. The van der Waals surface area contributed by atoms with Crippen molar-refractivity contribution in [2.24, 2.45) is 0 Å². The number of aryl methyl sites for hydroxylation is 2. The van der Waals surface area contributed by atoms with Crippen LogP contribution in [-0.2, 0) is 30.7 Å². The third-order valence-corrected chi connectivity index (χ3v) is 7.31. The van der Waals surface area contributed by atoms with Gasteiger partial charge in [0.15, 0.2) is 5.13 Å². The van der Waals surface area contributed by atoms with Crippen molar-refractivity contribution in [1.29, 1.82) is 0 Å². The highest BCUT2D eigenvalue weighted by molar-refractivity contribution is 7.16. The lowest BCUT2D eigenvalue weighted by molar-refractivity contribution is -0.119. The largest absolute Gasteiger partial charge is 0.289 e. The van der Waals surface area contributed by atoms with Gasteiger partial charge in [0.05, 0.1) is 24.0 Å². The van der Waals surface area contributed by atoms with Crippen LogP contribution in [0.2, 0.25) is 0 Å². The second-order valence-corrected chi connectivity index (χ2v) is 9.31. The number of fused-ring (bicyclic) bond motifs is 2. The van der Waals surface area contributed by atoms with Crippen LogP contribution in [0.5, 0.6) is 0 Å². The molecule has 1 aliphatic carbocycles. The number of carbonyl (C=O) groups excluding carboxylic acids is 1. The van der Waals surface area contributed by atoms with Crippen molar-refractivity contribution in [2.75, 3.05) is 4.90 Å². The summed E-state index contributed by atoms with van der Waals surface area (Å²) in [6.45, 7) is 0.365. The Balaban J connectivity index is 1.48. The highest BCUT2D eigenvalue weighted by atomic mass is 32.1. The van der Waals surface area contributed by atoms with Gasteiger partial charge in [0.25, 0.3) is 5.56 Å². The molecule has 0 unspecified atom stereocenters. The molecule has 1 aromatic carbocycles. The van der Waals surface area contributed by atoms with E-state index >= 15 is 0 Å². The molecule has 1 amide bonds. The molecule has 0 radical (unpaired) electrons. The molecule has 0 fully saturated rings. The molecule has 0 atom stereocenters. The fourth-order valence-electron chi connectivity index (χ4n) is 3.72. The van der Waals surface area contributed by atoms with E-state index < -0.39 is 0 Å². The predicted octanol–water partition coefficient (Wildman–Crippen LogP) is 4.03. The molecule has 4 aromatic rings. The Bertz CT molecular complexity index is 1240. The number of rotatable bonds is 5. The van der Waals surface area contributed by atoms with Crippen molar-refractivity contribution in [3.05, 3.63) is 74.6 Å². The molecular weight excluding hydrogens is 416 g/mol. The second kappa shape index (κ2) is 8.12. The number of aromatic nitrogens is 3. The lowest BCUT2D eigenvalue weighted by atomic mass is 10.0. The number of amides is 1. The smallest absolute Gasteiger partial charge is 0.262 e. The van der Waals surface area contributed by atoms with Crippen LogP contribution in [0, 0.1) is 0 Å². The van der Waals surface area contributed by atoms with Crippen LogP contribution in [0.3, 0.4) is 0 Å². The number of carbonyl (C=O) groups is 1. The van der Waals surface area contributed by atoms with Gasteiger partial charge in [-0.25, -0.2) is 9.97 Å². The standard InChI is InChI=1S/C22H20N4O2S2/c27-19(13-25-14-23-20-16(21(25)28)10-11-29-20)26(12-15-6-2-1-3-7-15)22-24-17-8-4-5-9-18(17)30-22/h1-3,6-7,10-11,14H,4-5,8-9,12-13H2. The predicted molar refractivity (Wildman–Crippen MR) is 120 cm³/mol. The van der Waals surface area contributed by atoms with Gasteiger partial charge in [0.1, 0.15) is 11.4 Å². The maximum atomic E-state index is 13.4. The minimum atomic E-state index is -0.187. The minimum absolute atomic E-state index is 0.0608. The fourth-order valence-corrected chi connectivity index (χ4v) is 5.61. The maximum absolute atomic E-state index is 13.4. The summed E-state index contributed by atoms with van der Waals surface area (Å²) in [6.07, 6.45) is 5.77. The van der Waals surface area contributed by atoms with E-state index in [0.29, 0.717) is 21.9 Å². The van der Waals surface area contributed by atoms with Crippen LogP contribution in [0.1, 0.15) is 29.0 Å². The number of hydrogen-bond acceptors (Lipinski definition) is 6. The Hall–Kier alpha value is -2.84. The molecule has 0 bridgehead atoms. The van der Waals surface area contributed by atoms with Gasteiger partial charge in [-0.2, -0.15) is 0 Å². The molecule has 0 saturated carbocycles. The number of nitrogens with zero attached hydrogens (tertiary/aromatic N) is 4. The van der Waals surface area contributed by atoms with Crippen LogP contribution in [0.4, 0.5) is 5.13 Å². The van der Waals surface area contributed by atoms with E-state index in [2.05, 4.69) is 4.98 Å². The van der Waals surface area contributed by atoms with Crippen LogP contribution >= 0.6 is 22.7 Å². The summed E-state index contributed by atoms with van der Waals surface area (Å²) in [6, 6.07) is 11.6. The molecule has 0 aliphatic heterocycles. The van der Waals surface area contributed by atoms with Crippen molar-refractivity contribution < 1.29 is 4.79 Å². The van der Waals surface area contributed by atoms with E-state index in [1.807, 2.05) is 35.7 Å². The van der Waals surface area contributed by atoms with E-state index in [4.69, 9.17) is 4.98 Å². The first-order valence-electron chi connectivity index (χ1n) is 9.94. The number of hydrogen-bond donors (Lipinski definition) is 0. The summed E-state index contributed by atoms with van der Waals surface area (Å²) < 4.78 is 1.39. The Morgan fingerprint density at radius 3 is 2.80 bits per heavy atom. The first-order valence-corrected chi connectivity index (χ1v) is 11.6. The highest BCUT2D eigenvalue weighted by Gasteiger charge is 2.24. The monoisotopic (exact) mass is 436 g/mol. The van der Waals surface area contributed by atoms with Crippen LogP contribution in [0.15, 0.2) is 52.9 Å². The van der Waals surface area contributed by atoms with E-state index in [0.717, 1.165) is 30.5 Å². The topological polar surface area (TPSA) is 68.1 Å². The molecular formula is C22H20N4O2S2. The highest BCUT2D eigenvalue weighted by Crippen LogP contribution is 2.32. The average Bonchev–Trinajstić information content (AvgIpc) is 3.42. The Labute approximate surface area is 181 Å². The first-order chi connectivity index (χ1) is 14.7. The van der Waals surface area contributed by atoms with E-state index in [1.165, 1.54) is 33.5 Å². The molecule has 1 aliphatic rings. The Kier molecular flexibility index (Phi) is 5.18. The fraction of sp³-hybridized carbons (Fsp3) is 0.273. The number of thiazole rings is 1. The summed E-state index contributed by atoms with van der Waals surface area (Å²) >= 11 is 3.02. The summed E-state index contributed by atoms with van der Waals surface area (Å²) in [5, 5.41) is 3.11. The summed E-state index contributed by atoms with van der Waals surface area (Å²) in [5.41, 5.74) is 1.95. The molecule has 5 rings (SSSR count). The van der Waals surface area contributed by atoms with Crippen molar-refractivity contribution >= 4 is 43.9 Å². The van der Waals surface area contributed by atoms with Gasteiger partial charge in [0.2, 0.25) is 5.91 Å². The van der Waals surface area contributed by atoms with Crippen molar-refractivity contribution in [3.63, 3.8) is 0 Å². The maximum Gasteiger partial charge on any atom is 0.262 e. The lowest BCUT2D eigenvalue weighted by Crippen LogP contribution is -2.36. The van der Waals surface area contributed by atoms with Crippen LogP contribution < -0.4 is 10.5 Å². The van der Waals surface area contributed by atoms with Gasteiger partial charge < -0.3 is 0 Å². The van der Waals surface area contributed by atoms with Gasteiger partial charge in [0, 0.05) is 4.88 Å². The quantitative estimate of drug-likeness (QED) is 0.474.